The number of nitrogens with one attached hydrogen (secondary N) is 1. The van der Waals surface area contributed by atoms with Gasteiger partial charge in [0.2, 0.25) is 0 Å². The molecule has 0 radical (unpaired) electrons. The summed E-state index contributed by atoms with van der Waals surface area (Å²) < 4.78 is 1.13. The summed E-state index contributed by atoms with van der Waals surface area (Å²) in [5, 5.41) is 8.00. The highest BCUT2D eigenvalue weighted by molar-refractivity contribution is 7.18. The molecule has 1 amide bonds. The second kappa shape index (κ2) is 6.49. The first-order chi connectivity index (χ1) is 12.2. The van der Waals surface area contributed by atoms with Crippen LogP contribution < -0.4 is 0 Å². The molecule has 0 aliphatic heterocycles. The summed E-state index contributed by atoms with van der Waals surface area (Å²) in [7, 11) is 1.78. The molecule has 5 nitrogen and oxygen atoms in total. The number of amides is 1. The van der Waals surface area contributed by atoms with E-state index < -0.39 is 0 Å². The van der Waals surface area contributed by atoms with Crippen LogP contribution >= 0.6 is 11.3 Å². The quantitative estimate of drug-likeness (QED) is 0.607. The number of para-hydroxylation sites is 1. The van der Waals surface area contributed by atoms with Crippen LogP contribution in [0.15, 0.2) is 60.7 Å². The Balaban J connectivity index is 1.51. The van der Waals surface area contributed by atoms with Crippen LogP contribution in [0.25, 0.3) is 21.5 Å². The molecule has 0 aliphatic rings. The lowest BCUT2D eigenvalue weighted by molar-refractivity contribution is 0.0779. The third kappa shape index (κ3) is 3.16. The SMILES string of the molecule is CN(Cc1nc2ccccc2s1)C(=O)c1cc(-c2ccccc2)n[nH]1. The predicted molar refractivity (Wildman–Crippen MR) is 99.4 cm³/mol. The number of aromatic nitrogens is 3. The van der Waals surface area contributed by atoms with Gasteiger partial charge in [-0.25, -0.2) is 4.98 Å². The molecule has 2 aromatic heterocycles. The van der Waals surface area contributed by atoms with Crippen molar-refractivity contribution in [1.82, 2.24) is 20.1 Å². The van der Waals surface area contributed by atoms with Gasteiger partial charge in [-0.2, -0.15) is 5.10 Å². The van der Waals surface area contributed by atoms with Gasteiger partial charge < -0.3 is 4.90 Å². The molecule has 6 heteroatoms. The number of rotatable bonds is 4. The van der Waals surface area contributed by atoms with Crippen LogP contribution in [0.1, 0.15) is 15.5 Å². The van der Waals surface area contributed by atoms with Crippen LogP contribution in [-0.2, 0) is 6.54 Å². The smallest absolute Gasteiger partial charge is 0.272 e. The standard InChI is InChI=1S/C19H16N4OS/c1-23(12-18-20-14-9-5-6-10-17(14)25-18)19(24)16-11-15(21-22-16)13-7-3-2-4-8-13/h2-11H,12H2,1H3,(H,21,22). The summed E-state index contributed by atoms with van der Waals surface area (Å²) in [6, 6.07) is 19.6. The number of thiazole rings is 1. The van der Waals surface area contributed by atoms with E-state index in [2.05, 4.69) is 15.2 Å². The number of carbonyl (C=O) groups is 1. The Morgan fingerprint density at radius 2 is 1.88 bits per heavy atom. The van der Waals surface area contributed by atoms with Crippen LogP contribution in [0.2, 0.25) is 0 Å². The van der Waals surface area contributed by atoms with E-state index in [1.165, 1.54) is 0 Å². The molecule has 0 spiro atoms. The number of hydrogen-bond acceptors (Lipinski definition) is 4. The van der Waals surface area contributed by atoms with Crippen molar-refractivity contribution < 1.29 is 4.79 Å². The van der Waals surface area contributed by atoms with Crippen molar-refractivity contribution in [2.45, 2.75) is 6.54 Å². The minimum absolute atomic E-state index is 0.103. The Morgan fingerprint density at radius 1 is 1.12 bits per heavy atom. The number of nitrogens with zero attached hydrogens (tertiary/aromatic N) is 3. The number of benzene rings is 2. The average Bonchev–Trinajstić information content (AvgIpc) is 3.28. The Bertz CT molecular complexity index is 989. The van der Waals surface area contributed by atoms with Crippen molar-refractivity contribution in [2.24, 2.45) is 0 Å². The third-order valence-electron chi connectivity index (χ3n) is 3.94. The first-order valence-corrected chi connectivity index (χ1v) is 8.73. The molecule has 0 aliphatic carbocycles. The van der Waals surface area contributed by atoms with Gasteiger partial charge in [0.15, 0.2) is 0 Å². The highest BCUT2D eigenvalue weighted by Crippen LogP contribution is 2.23. The molecule has 4 aromatic rings. The number of hydrogen-bond donors (Lipinski definition) is 1. The maximum absolute atomic E-state index is 12.6. The van der Waals surface area contributed by atoms with Crippen molar-refractivity contribution >= 4 is 27.5 Å². The maximum Gasteiger partial charge on any atom is 0.272 e. The lowest BCUT2D eigenvalue weighted by atomic mass is 10.1. The van der Waals surface area contributed by atoms with Gasteiger partial charge in [0.25, 0.3) is 5.91 Å². The number of H-pyrrole nitrogens is 1. The van der Waals surface area contributed by atoms with Crippen LogP contribution in [-0.4, -0.2) is 33.0 Å². The number of fused-ring (bicyclic) bond motifs is 1. The van der Waals surface area contributed by atoms with E-state index in [0.717, 1.165) is 26.5 Å². The highest BCUT2D eigenvalue weighted by atomic mass is 32.1. The zero-order valence-electron chi connectivity index (χ0n) is 13.6. The van der Waals surface area contributed by atoms with Crippen molar-refractivity contribution in [3.63, 3.8) is 0 Å². The molecule has 4 rings (SSSR count). The molecule has 25 heavy (non-hydrogen) atoms. The molecule has 124 valence electrons. The monoisotopic (exact) mass is 348 g/mol. The molecule has 0 unspecified atom stereocenters. The summed E-state index contributed by atoms with van der Waals surface area (Å²) in [6.07, 6.45) is 0. The Hall–Kier alpha value is -2.99. The minimum atomic E-state index is -0.103. The summed E-state index contributed by atoms with van der Waals surface area (Å²) in [4.78, 5) is 18.9. The van der Waals surface area contributed by atoms with Crippen molar-refractivity contribution in [3.8, 4) is 11.3 Å². The first kappa shape index (κ1) is 15.5. The van der Waals surface area contributed by atoms with E-state index in [0.29, 0.717) is 12.2 Å². The molecule has 0 bridgehead atoms. The molecule has 0 saturated heterocycles. The largest absolute Gasteiger partial charge is 0.334 e. The predicted octanol–water partition coefficient (Wildman–Crippen LogP) is 3.96. The lowest BCUT2D eigenvalue weighted by Gasteiger charge is -2.13. The zero-order valence-corrected chi connectivity index (χ0v) is 14.5. The van der Waals surface area contributed by atoms with Gasteiger partial charge in [0, 0.05) is 12.6 Å². The fraction of sp³-hybridized carbons (Fsp3) is 0.105. The van der Waals surface area contributed by atoms with Gasteiger partial charge in [-0.05, 0) is 18.2 Å². The molecule has 2 aromatic carbocycles. The molecule has 1 N–H and O–H groups in total. The van der Waals surface area contributed by atoms with Gasteiger partial charge >= 0.3 is 0 Å². The second-order valence-electron chi connectivity index (χ2n) is 5.77. The topological polar surface area (TPSA) is 61.9 Å². The molecular weight excluding hydrogens is 332 g/mol. The molecular formula is C19H16N4OS. The minimum Gasteiger partial charge on any atom is -0.334 e. The Kier molecular flexibility index (Phi) is 4.03. The maximum atomic E-state index is 12.6. The summed E-state index contributed by atoms with van der Waals surface area (Å²) in [5.41, 5.74) is 3.18. The highest BCUT2D eigenvalue weighted by Gasteiger charge is 2.17. The van der Waals surface area contributed by atoms with E-state index in [-0.39, 0.29) is 5.91 Å². The van der Waals surface area contributed by atoms with Crippen molar-refractivity contribution in [3.05, 3.63) is 71.4 Å². The normalized spacial score (nSPS) is 10.9. The Morgan fingerprint density at radius 3 is 2.68 bits per heavy atom. The van der Waals surface area contributed by atoms with Gasteiger partial charge in [0.05, 0.1) is 22.5 Å². The van der Waals surface area contributed by atoms with Crippen LogP contribution in [0, 0.1) is 0 Å². The van der Waals surface area contributed by atoms with Gasteiger partial charge in [-0.3, -0.25) is 9.89 Å². The third-order valence-corrected chi connectivity index (χ3v) is 4.96. The molecule has 2 heterocycles. The zero-order chi connectivity index (χ0) is 17.2. The van der Waals surface area contributed by atoms with E-state index in [1.54, 1.807) is 29.4 Å². The van der Waals surface area contributed by atoms with E-state index >= 15 is 0 Å². The molecule has 0 saturated carbocycles. The lowest BCUT2D eigenvalue weighted by Crippen LogP contribution is -2.26. The number of aromatic amines is 1. The fourth-order valence-corrected chi connectivity index (χ4v) is 3.68. The van der Waals surface area contributed by atoms with Crippen molar-refractivity contribution in [2.75, 3.05) is 7.05 Å². The van der Waals surface area contributed by atoms with Gasteiger partial charge in [0.1, 0.15) is 10.7 Å². The fourth-order valence-electron chi connectivity index (χ4n) is 2.66. The van der Waals surface area contributed by atoms with E-state index in [1.807, 2.05) is 54.6 Å². The second-order valence-corrected chi connectivity index (χ2v) is 6.88. The van der Waals surface area contributed by atoms with E-state index in [9.17, 15) is 4.79 Å². The van der Waals surface area contributed by atoms with Crippen LogP contribution in [0.3, 0.4) is 0 Å². The average molecular weight is 348 g/mol. The summed E-state index contributed by atoms with van der Waals surface area (Å²) in [6.45, 7) is 0.470. The van der Waals surface area contributed by atoms with Crippen LogP contribution in [0.4, 0.5) is 0 Å². The Labute approximate surface area is 149 Å². The first-order valence-electron chi connectivity index (χ1n) is 7.91. The van der Waals surface area contributed by atoms with E-state index in [4.69, 9.17) is 0 Å². The molecule has 0 fully saturated rings. The summed E-state index contributed by atoms with van der Waals surface area (Å²) in [5.74, 6) is -0.103. The van der Waals surface area contributed by atoms with Crippen molar-refractivity contribution in [1.29, 1.82) is 0 Å². The van der Waals surface area contributed by atoms with Crippen LogP contribution in [0.5, 0.6) is 0 Å². The van der Waals surface area contributed by atoms with Gasteiger partial charge in [-0.15, -0.1) is 11.3 Å². The number of carbonyl (C=O) groups excluding carboxylic acids is 1. The molecule has 0 atom stereocenters. The summed E-state index contributed by atoms with van der Waals surface area (Å²) >= 11 is 1.61. The van der Waals surface area contributed by atoms with Gasteiger partial charge in [-0.1, -0.05) is 42.5 Å².